The number of nitrogens with one attached hydrogen (secondary N) is 1. The normalized spacial score (nSPS) is 12.7. The van der Waals surface area contributed by atoms with Crippen molar-refractivity contribution < 1.29 is 8.42 Å². The molecule has 0 aromatic heterocycles. The van der Waals surface area contributed by atoms with E-state index in [-0.39, 0.29) is 11.7 Å². The molecule has 1 N–H and O–H groups in total. The molecule has 0 saturated heterocycles. The van der Waals surface area contributed by atoms with E-state index >= 15 is 0 Å². The van der Waals surface area contributed by atoms with E-state index in [1.165, 1.54) is 0 Å². The van der Waals surface area contributed by atoms with Crippen LogP contribution in [-0.4, -0.2) is 14.5 Å². The van der Waals surface area contributed by atoms with Crippen molar-refractivity contribution in [1.82, 2.24) is 4.72 Å². The highest BCUT2D eigenvalue weighted by atomic mass is 32.2. The van der Waals surface area contributed by atoms with E-state index in [4.69, 9.17) is 10.5 Å². The summed E-state index contributed by atoms with van der Waals surface area (Å²) >= 11 is 0. The monoisotopic (exact) mass is 277 g/mol. The molecule has 0 radical (unpaired) electrons. The van der Waals surface area contributed by atoms with E-state index in [0.29, 0.717) is 11.1 Å². The van der Waals surface area contributed by atoms with Gasteiger partial charge in [-0.1, -0.05) is 32.0 Å². The standard InChI is InChI=1S/C13H15N3O2S/c1-10(2)13(8-15)16-19(17,18)9-12-6-4-3-5-11(12)7-14/h3-6,10,13,16H,9H2,1-2H3. The molecular weight excluding hydrogens is 262 g/mol. The highest BCUT2D eigenvalue weighted by Gasteiger charge is 2.21. The summed E-state index contributed by atoms with van der Waals surface area (Å²) in [6.45, 7) is 3.53. The summed E-state index contributed by atoms with van der Waals surface area (Å²) in [6.07, 6.45) is 0. The van der Waals surface area contributed by atoms with E-state index in [9.17, 15) is 8.42 Å². The van der Waals surface area contributed by atoms with Gasteiger partial charge in [0.2, 0.25) is 10.0 Å². The van der Waals surface area contributed by atoms with Crippen LogP contribution in [0.3, 0.4) is 0 Å². The molecule has 1 aromatic carbocycles. The van der Waals surface area contributed by atoms with Crippen molar-refractivity contribution in [1.29, 1.82) is 10.5 Å². The third-order valence-electron chi connectivity index (χ3n) is 2.60. The van der Waals surface area contributed by atoms with Crippen LogP contribution >= 0.6 is 0 Å². The Morgan fingerprint density at radius 3 is 2.42 bits per heavy atom. The Morgan fingerprint density at radius 2 is 1.89 bits per heavy atom. The zero-order valence-corrected chi connectivity index (χ0v) is 11.6. The fourth-order valence-electron chi connectivity index (χ4n) is 1.51. The molecule has 0 saturated carbocycles. The van der Waals surface area contributed by atoms with Gasteiger partial charge in [0.1, 0.15) is 6.04 Å². The average Bonchev–Trinajstić information content (AvgIpc) is 2.36. The van der Waals surface area contributed by atoms with Crippen LogP contribution in [0.25, 0.3) is 0 Å². The lowest BCUT2D eigenvalue weighted by molar-refractivity contribution is 0.514. The molecule has 0 aliphatic rings. The maximum Gasteiger partial charge on any atom is 0.216 e. The minimum atomic E-state index is -3.65. The van der Waals surface area contributed by atoms with Crippen LogP contribution in [0.4, 0.5) is 0 Å². The lowest BCUT2D eigenvalue weighted by atomic mass is 10.1. The molecule has 6 heteroatoms. The van der Waals surface area contributed by atoms with Crippen molar-refractivity contribution in [2.45, 2.75) is 25.6 Å². The number of rotatable bonds is 5. The minimum Gasteiger partial charge on any atom is -0.212 e. The summed E-state index contributed by atoms with van der Waals surface area (Å²) in [5.41, 5.74) is 0.754. The van der Waals surface area contributed by atoms with E-state index in [1.54, 1.807) is 38.1 Å². The Labute approximate surface area is 113 Å². The van der Waals surface area contributed by atoms with Gasteiger partial charge in [0, 0.05) is 0 Å². The van der Waals surface area contributed by atoms with Crippen molar-refractivity contribution in [2.24, 2.45) is 5.92 Å². The number of nitrogens with zero attached hydrogens (tertiary/aromatic N) is 2. The molecule has 0 bridgehead atoms. The Balaban J connectivity index is 2.93. The van der Waals surface area contributed by atoms with Crippen molar-refractivity contribution >= 4 is 10.0 Å². The Morgan fingerprint density at radius 1 is 1.26 bits per heavy atom. The van der Waals surface area contributed by atoms with Crippen molar-refractivity contribution in [3.8, 4) is 12.1 Å². The molecular formula is C13H15N3O2S. The zero-order chi connectivity index (χ0) is 14.5. The van der Waals surface area contributed by atoms with Gasteiger partial charge < -0.3 is 0 Å². The first kappa shape index (κ1) is 15.2. The van der Waals surface area contributed by atoms with Gasteiger partial charge >= 0.3 is 0 Å². The Bertz CT molecular complexity index is 624. The quantitative estimate of drug-likeness (QED) is 0.883. The molecule has 19 heavy (non-hydrogen) atoms. The van der Waals surface area contributed by atoms with Crippen LogP contribution < -0.4 is 4.72 Å². The van der Waals surface area contributed by atoms with E-state index in [2.05, 4.69) is 4.72 Å². The van der Waals surface area contributed by atoms with Crippen LogP contribution in [0.2, 0.25) is 0 Å². The van der Waals surface area contributed by atoms with E-state index in [1.807, 2.05) is 12.1 Å². The second-order valence-corrected chi connectivity index (χ2v) is 6.25. The SMILES string of the molecule is CC(C)C(C#N)NS(=O)(=O)Cc1ccccc1C#N. The first-order valence-corrected chi connectivity index (χ1v) is 7.42. The molecule has 1 unspecified atom stereocenters. The van der Waals surface area contributed by atoms with Gasteiger partial charge in [0.05, 0.1) is 23.5 Å². The fourth-order valence-corrected chi connectivity index (χ4v) is 2.96. The maximum atomic E-state index is 12.0. The lowest BCUT2D eigenvalue weighted by Crippen LogP contribution is -2.38. The molecule has 0 fully saturated rings. The van der Waals surface area contributed by atoms with Crippen LogP contribution in [-0.2, 0) is 15.8 Å². The number of nitriles is 2. The summed E-state index contributed by atoms with van der Waals surface area (Å²) in [4.78, 5) is 0. The van der Waals surface area contributed by atoms with Gasteiger partial charge in [-0.3, -0.25) is 0 Å². The second kappa shape index (κ2) is 6.33. The summed E-state index contributed by atoms with van der Waals surface area (Å²) in [6, 6.07) is 9.61. The smallest absolute Gasteiger partial charge is 0.212 e. The van der Waals surface area contributed by atoms with E-state index in [0.717, 1.165) is 0 Å². The zero-order valence-electron chi connectivity index (χ0n) is 10.8. The van der Waals surface area contributed by atoms with Crippen LogP contribution in [0.5, 0.6) is 0 Å². The summed E-state index contributed by atoms with van der Waals surface area (Å²) in [5.74, 6) is -0.423. The summed E-state index contributed by atoms with van der Waals surface area (Å²) in [7, 11) is -3.65. The second-order valence-electron chi connectivity index (χ2n) is 4.50. The van der Waals surface area contributed by atoms with Crippen LogP contribution in [0.1, 0.15) is 25.0 Å². The van der Waals surface area contributed by atoms with Crippen LogP contribution in [0.15, 0.2) is 24.3 Å². The first-order chi connectivity index (χ1) is 8.89. The maximum absolute atomic E-state index is 12.0. The molecule has 100 valence electrons. The van der Waals surface area contributed by atoms with Crippen LogP contribution in [0, 0.1) is 28.6 Å². The average molecular weight is 277 g/mol. The lowest BCUT2D eigenvalue weighted by Gasteiger charge is -2.15. The molecule has 0 spiro atoms. The highest BCUT2D eigenvalue weighted by molar-refractivity contribution is 7.88. The number of benzene rings is 1. The molecule has 1 atom stereocenters. The van der Waals surface area contributed by atoms with Gasteiger partial charge in [-0.25, -0.2) is 8.42 Å². The molecule has 0 aliphatic heterocycles. The minimum absolute atomic E-state index is 0.119. The van der Waals surface area contributed by atoms with Gasteiger partial charge in [-0.2, -0.15) is 15.2 Å². The van der Waals surface area contributed by atoms with Gasteiger partial charge in [-0.15, -0.1) is 0 Å². The predicted octanol–water partition coefficient (Wildman–Crippen LogP) is 1.53. The predicted molar refractivity (Wildman–Crippen MR) is 71.2 cm³/mol. The van der Waals surface area contributed by atoms with Crippen molar-refractivity contribution in [3.05, 3.63) is 35.4 Å². The highest BCUT2D eigenvalue weighted by Crippen LogP contribution is 2.12. The van der Waals surface area contributed by atoms with Gasteiger partial charge in [0.15, 0.2) is 0 Å². The molecule has 0 aliphatic carbocycles. The van der Waals surface area contributed by atoms with Gasteiger partial charge in [-0.05, 0) is 17.5 Å². The summed E-state index contributed by atoms with van der Waals surface area (Å²) in [5, 5.41) is 17.8. The molecule has 0 heterocycles. The molecule has 1 rings (SSSR count). The fraction of sp³-hybridized carbons (Fsp3) is 0.385. The molecule has 1 aromatic rings. The number of hydrogen-bond donors (Lipinski definition) is 1. The van der Waals surface area contributed by atoms with Gasteiger partial charge in [0.25, 0.3) is 0 Å². The molecule has 0 amide bonds. The molecule has 5 nitrogen and oxygen atoms in total. The Kier molecular flexibility index (Phi) is 5.05. The largest absolute Gasteiger partial charge is 0.216 e. The third-order valence-corrected chi connectivity index (χ3v) is 3.90. The topological polar surface area (TPSA) is 93.8 Å². The number of hydrogen-bond acceptors (Lipinski definition) is 4. The first-order valence-electron chi connectivity index (χ1n) is 5.77. The van der Waals surface area contributed by atoms with Crippen molar-refractivity contribution in [3.63, 3.8) is 0 Å². The summed E-state index contributed by atoms with van der Waals surface area (Å²) < 4.78 is 26.3. The third kappa shape index (κ3) is 4.36. The van der Waals surface area contributed by atoms with E-state index < -0.39 is 16.1 Å². The Hall–Kier alpha value is -1.89. The number of sulfonamides is 1. The van der Waals surface area contributed by atoms with Crippen molar-refractivity contribution in [2.75, 3.05) is 0 Å².